The van der Waals surface area contributed by atoms with Gasteiger partial charge in [0.05, 0.1) is 20.3 Å². The van der Waals surface area contributed by atoms with Gasteiger partial charge in [-0.05, 0) is 35.7 Å². The fourth-order valence-corrected chi connectivity index (χ4v) is 2.47. The summed E-state index contributed by atoms with van der Waals surface area (Å²) < 4.78 is 23.5. The van der Waals surface area contributed by atoms with E-state index in [9.17, 15) is 9.18 Å². The SMILES string of the molecule is COc1cc(OC)cc(C(=O)N[C@H](c2ccc(F)cc2)C(C)C)c1. The lowest BCUT2D eigenvalue weighted by atomic mass is 9.95. The topological polar surface area (TPSA) is 47.6 Å². The molecule has 0 fully saturated rings. The Bertz CT molecular complexity index is 676. The molecule has 128 valence electrons. The minimum Gasteiger partial charge on any atom is -0.497 e. The van der Waals surface area contributed by atoms with Crippen LogP contribution < -0.4 is 14.8 Å². The molecule has 0 aliphatic carbocycles. The Morgan fingerprint density at radius 2 is 1.54 bits per heavy atom. The van der Waals surface area contributed by atoms with E-state index in [1.807, 2.05) is 13.8 Å². The molecule has 0 spiro atoms. The number of methoxy groups -OCH3 is 2. The van der Waals surface area contributed by atoms with E-state index in [0.717, 1.165) is 5.56 Å². The fraction of sp³-hybridized carbons (Fsp3) is 0.316. The van der Waals surface area contributed by atoms with Crippen LogP contribution >= 0.6 is 0 Å². The van der Waals surface area contributed by atoms with Gasteiger partial charge < -0.3 is 14.8 Å². The highest BCUT2D eigenvalue weighted by Gasteiger charge is 2.20. The molecule has 2 rings (SSSR count). The zero-order valence-electron chi connectivity index (χ0n) is 14.3. The number of nitrogens with one attached hydrogen (secondary N) is 1. The Hall–Kier alpha value is -2.56. The van der Waals surface area contributed by atoms with Crippen LogP contribution in [0.15, 0.2) is 42.5 Å². The Morgan fingerprint density at radius 3 is 2.00 bits per heavy atom. The van der Waals surface area contributed by atoms with Crippen LogP contribution in [0, 0.1) is 11.7 Å². The molecule has 2 aromatic rings. The lowest BCUT2D eigenvalue weighted by molar-refractivity contribution is 0.0925. The average Bonchev–Trinajstić information content (AvgIpc) is 2.59. The van der Waals surface area contributed by atoms with Gasteiger partial charge in [0.15, 0.2) is 0 Å². The average molecular weight is 331 g/mol. The smallest absolute Gasteiger partial charge is 0.252 e. The van der Waals surface area contributed by atoms with E-state index in [4.69, 9.17) is 9.47 Å². The van der Waals surface area contributed by atoms with Crippen molar-refractivity contribution in [1.82, 2.24) is 5.32 Å². The third-order valence-corrected chi connectivity index (χ3v) is 3.80. The van der Waals surface area contributed by atoms with Crippen LogP contribution in [0.5, 0.6) is 11.5 Å². The quantitative estimate of drug-likeness (QED) is 0.871. The van der Waals surface area contributed by atoms with Crippen molar-refractivity contribution in [2.24, 2.45) is 5.92 Å². The molecule has 0 unspecified atom stereocenters. The van der Waals surface area contributed by atoms with Gasteiger partial charge in [-0.1, -0.05) is 26.0 Å². The van der Waals surface area contributed by atoms with Crippen LogP contribution in [0.1, 0.15) is 35.8 Å². The van der Waals surface area contributed by atoms with E-state index in [-0.39, 0.29) is 23.7 Å². The summed E-state index contributed by atoms with van der Waals surface area (Å²) >= 11 is 0. The lowest BCUT2D eigenvalue weighted by Gasteiger charge is -2.23. The molecule has 0 bridgehead atoms. The summed E-state index contributed by atoms with van der Waals surface area (Å²) in [7, 11) is 3.07. The van der Waals surface area contributed by atoms with Gasteiger partial charge in [-0.25, -0.2) is 4.39 Å². The van der Waals surface area contributed by atoms with E-state index in [0.29, 0.717) is 17.1 Å². The number of ether oxygens (including phenoxy) is 2. The monoisotopic (exact) mass is 331 g/mol. The first-order valence-corrected chi connectivity index (χ1v) is 7.74. The van der Waals surface area contributed by atoms with Gasteiger partial charge in [0.2, 0.25) is 0 Å². The first-order chi connectivity index (χ1) is 11.4. The second-order valence-corrected chi connectivity index (χ2v) is 5.85. The van der Waals surface area contributed by atoms with E-state index in [1.165, 1.54) is 26.4 Å². The molecule has 0 saturated heterocycles. The molecule has 1 atom stereocenters. The number of hydrogen-bond donors (Lipinski definition) is 1. The zero-order valence-corrected chi connectivity index (χ0v) is 14.3. The van der Waals surface area contributed by atoms with Crippen molar-refractivity contribution in [3.8, 4) is 11.5 Å². The highest BCUT2D eigenvalue weighted by molar-refractivity contribution is 5.95. The summed E-state index contributed by atoms with van der Waals surface area (Å²) in [5.74, 6) is 0.692. The Labute approximate surface area is 141 Å². The highest BCUT2D eigenvalue weighted by atomic mass is 19.1. The minimum atomic E-state index is -0.301. The van der Waals surface area contributed by atoms with Crippen molar-refractivity contribution in [2.75, 3.05) is 14.2 Å². The first kappa shape index (κ1) is 17.8. The van der Waals surface area contributed by atoms with Crippen LogP contribution in [-0.4, -0.2) is 20.1 Å². The summed E-state index contributed by atoms with van der Waals surface area (Å²) in [5, 5.41) is 3.00. The van der Waals surface area contributed by atoms with Crippen molar-refractivity contribution < 1.29 is 18.7 Å². The van der Waals surface area contributed by atoms with E-state index in [1.54, 1.807) is 30.3 Å². The van der Waals surface area contributed by atoms with Crippen LogP contribution in [-0.2, 0) is 0 Å². The Balaban J connectivity index is 2.26. The van der Waals surface area contributed by atoms with Crippen LogP contribution in [0.3, 0.4) is 0 Å². The maximum Gasteiger partial charge on any atom is 0.252 e. The van der Waals surface area contributed by atoms with Crippen LogP contribution in [0.25, 0.3) is 0 Å². The van der Waals surface area contributed by atoms with Gasteiger partial charge in [0, 0.05) is 11.6 Å². The molecule has 0 saturated carbocycles. The third kappa shape index (κ3) is 4.25. The summed E-state index contributed by atoms with van der Waals surface area (Å²) in [4.78, 5) is 12.6. The van der Waals surface area contributed by atoms with Gasteiger partial charge in [-0.15, -0.1) is 0 Å². The molecule has 0 aliphatic heterocycles. The molecule has 0 heterocycles. The normalized spacial score (nSPS) is 11.9. The molecule has 1 N–H and O–H groups in total. The molecule has 1 amide bonds. The van der Waals surface area contributed by atoms with E-state index >= 15 is 0 Å². The molecule has 4 nitrogen and oxygen atoms in total. The van der Waals surface area contributed by atoms with Crippen molar-refractivity contribution in [1.29, 1.82) is 0 Å². The molecular formula is C19H22FNO3. The predicted molar refractivity (Wildman–Crippen MR) is 91.0 cm³/mol. The van der Waals surface area contributed by atoms with Crippen molar-refractivity contribution in [3.63, 3.8) is 0 Å². The van der Waals surface area contributed by atoms with E-state index < -0.39 is 0 Å². The second kappa shape index (κ2) is 7.81. The number of carbonyl (C=O) groups is 1. The number of rotatable bonds is 6. The number of hydrogen-bond acceptors (Lipinski definition) is 3. The summed E-state index contributed by atoms with van der Waals surface area (Å²) in [6.45, 7) is 4.00. The van der Waals surface area contributed by atoms with Crippen molar-refractivity contribution in [2.45, 2.75) is 19.9 Å². The number of amides is 1. The van der Waals surface area contributed by atoms with Gasteiger partial charge in [0.25, 0.3) is 5.91 Å². The van der Waals surface area contributed by atoms with Gasteiger partial charge >= 0.3 is 0 Å². The Morgan fingerprint density at radius 1 is 1.00 bits per heavy atom. The molecule has 24 heavy (non-hydrogen) atoms. The van der Waals surface area contributed by atoms with Gasteiger partial charge in [-0.2, -0.15) is 0 Å². The first-order valence-electron chi connectivity index (χ1n) is 7.74. The summed E-state index contributed by atoms with van der Waals surface area (Å²) in [6.07, 6.45) is 0. The van der Waals surface area contributed by atoms with Crippen LogP contribution in [0.4, 0.5) is 4.39 Å². The maximum atomic E-state index is 13.1. The number of halogens is 1. The molecule has 0 aromatic heterocycles. The largest absolute Gasteiger partial charge is 0.497 e. The molecule has 5 heteroatoms. The van der Waals surface area contributed by atoms with E-state index in [2.05, 4.69) is 5.32 Å². The molecule has 0 aliphatic rings. The maximum absolute atomic E-state index is 13.1. The fourth-order valence-electron chi connectivity index (χ4n) is 2.47. The number of carbonyl (C=O) groups excluding carboxylic acids is 1. The minimum absolute atomic E-state index is 0.145. The zero-order chi connectivity index (χ0) is 17.7. The molecule has 2 aromatic carbocycles. The number of benzene rings is 2. The van der Waals surface area contributed by atoms with Crippen molar-refractivity contribution in [3.05, 3.63) is 59.4 Å². The summed E-state index contributed by atoms with van der Waals surface area (Å²) in [5.41, 5.74) is 1.30. The standard InChI is InChI=1S/C19H22FNO3/c1-12(2)18(13-5-7-15(20)8-6-13)21-19(22)14-9-16(23-3)11-17(10-14)24-4/h5-12,18H,1-4H3,(H,21,22)/t18-/m0/s1. The molecular weight excluding hydrogens is 309 g/mol. The van der Waals surface area contributed by atoms with Gasteiger partial charge in [0.1, 0.15) is 17.3 Å². The van der Waals surface area contributed by atoms with Crippen LogP contribution in [0.2, 0.25) is 0 Å². The second-order valence-electron chi connectivity index (χ2n) is 5.85. The van der Waals surface area contributed by atoms with Crippen molar-refractivity contribution >= 4 is 5.91 Å². The van der Waals surface area contributed by atoms with Gasteiger partial charge in [-0.3, -0.25) is 4.79 Å². The highest BCUT2D eigenvalue weighted by Crippen LogP contribution is 2.25. The third-order valence-electron chi connectivity index (χ3n) is 3.80. The summed E-state index contributed by atoms with van der Waals surface area (Å²) in [6, 6.07) is 10.9. The Kier molecular flexibility index (Phi) is 5.79. The predicted octanol–water partition coefficient (Wildman–Crippen LogP) is 3.97. The molecule has 0 radical (unpaired) electrons. The lowest BCUT2D eigenvalue weighted by Crippen LogP contribution is -2.31.